The number of hydrogen-bond acceptors (Lipinski definition) is 1. The second kappa shape index (κ2) is 5.33. The summed E-state index contributed by atoms with van der Waals surface area (Å²) in [6.45, 7) is 2.05. The van der Waals surface area contributed by atoms with E-state index in [2.05, 4.69) is 29.6 Å². The summed E-state index contributed by atoms with van der Waals surface area (Å²) in [6, 6.07) is 21.3. The first-order valence-corrected chi connectivity index (χ1v) is 6.74. The summed E-state index contributed by atoms with van der Waals surface area (Å²) >= 11 is 0. The zero-order chi connectivity index (χ0) is 13.9. The highest BCUT2D eigenvalue weighted by Gasteiger charge is 2.10. The van der Waals surface area contributed by atoms with Crippen molar-refractivity contribution in [2.24, 2.45) is 0 Å². The molecule has 2 heteroatoms. The van der Waals surface area contributed by atoms with E-state index in [-0.39, 0.29) is 11.9 Å². The fraction of sp³-hybridized carbons (Fsp3) is 0.111. The van der Waals surface area contributed by atoms with Gasteiger partial charge in [0.25, 0.3) is 0 Å². The molecule has 3 rings (SSSR count). The summed E-state index contributed by atoms with van der Waals surface area (Å²) in [5.41, 5.74) is 1.71. The predicted molar refractivity (Wildman–Crippen MR) is 82.4 cm³/mol. The van der Waals surface area contributed by atoms with Crippen molar-refractivity contribution < 1.29 is 4.39 Å². The predicted octanol–water partition coefficient (Wildman–Crippen LogP) is 5.15. The topological polar surface area (TPSA) is 12.0 Å². The van der Waals surface area contributed by atoms with Crippen LogP contribution >= 0.6 is 0 Å². The Kier molecular flexibility index (Phi) is 3.38. The van der Waals surface area contributed by atoms with Crippen molar-refractivity contribution in [2.45, 2.75) is 13.0 Å². The van der Waals surface area contributed by atoms with Crippen molar-refractivity contribution in [3.8, 4) is 0 Å². The standard InChI is InChI=1S/C18H16FN/c1-13(20-18-12-5-4-11-17(18)19)15-10-6-8-14-7-2-3-9-16(14)15/h2-13,20H,1H3/t13-/m0/s1. The molecule has 0 aliphatic heterocycles. The van der Waals surface area contributed by atoms with E-state index >= 15 is 0 Å². The molecule has 0 aliphatic rings. The zero-order valence-corrected chi connectivity index (χ0v) is 11.3. The van der Waals surface area contributed by atoms with Gasteiger partial charge in [0.05, 0.1) is 5.69 Å². The third kappa shape index (κ3) is 2.37. The molecule has 0 saturated heterocycles. The number of fused-ring (bicyclic) bond motifs is 1. The Balaban J connectivity index is 1.97. The summed E-state index contributed by atoms with van der Waals surface area (Å²) in [4.78, 5) is 0. The van der Waals surface area contributed by atoms with Crippen molar-refractivity contribution >= 4 is 16.5 Å². The van der Waals surface area contributed by atoms with E-state index in [9.17, 15) is 4.39 Å². The number of hydrogen-bond donors (Lipinski definition) is 1. The molecule has 1 nitrogen and oxygen atoms in total. The van der Waals surface area contributed by atoms with Crippen molar-refractivity contribution in [1.82, 2.24) is 0 Å². The van der Waals surface area contributed by atoms with Gasteiger partial charge in [-0.3, -0.25) is 0 Å². The highest BCUT2D eigenvalue weighted by Crippen LogP contribution is 2.27. The Bertz CT molecular complexity index is 731. The Morgan fingerprint density at radius 3 is 2.40 bits per heavy atom. The summed E-state index contributed by atoms with van der Waals surface area (Å²) in [7, 11) is 0. The molecule has 0 unspecified atom stereocenters. The van der Waals surface area contributed by atoms with Crippen LogP contribution in [0.5, 0.6) is 0 Å². The van der Waals surface area contributed by atoms with Crippen LogP contribution in [-0.2, 0) is 0 Å². The lowest BCUT2D eigenvalue weighted by atomic mass is 9.99. The molecule has 0 spiro atoms. The van der Waals surface area contributed by atoms with E-state index in [0.717, 1.165) is 0 Å². The first-order valence-electron chi connectivity index (χ1n) is 6.74. The highest BCUT2D eigenvalue weighted by molar-refractivity contribution is 5.86. The molecular formula is C18H16FN. The monoisotopic (exact) mass is 265 g/mol. The van der Waals surface area contributed by atoms with E-state index < -0.39 is 0 Å². The van der Waals surface area contributed by atoms with E-state index in [1.807, 2.05) is 31.2 Å². The molecule has 0 saturated carbocycles. The Labute approximate surface area is 118 Å². The Morgan fingerprint density at radius 1 is 0.850 bits per heavy atom. The van der Waals surface area contributed by atoms with Gasteiger partial charge in [-0.15, -0.1) is 0 Å². The van der Waals surface area contributed by atoms with Gasteiger partial charge in [-0.25, -0.2) is 4.39 Å². The summed E-state index contributed by atoms with van der Waals surface area (Å²) in [5, 5.41) is 5.64. The van der Waals surface area contributed by atoms with E-state index in [0.29, 0.717) is 5.69 Å². The first-order chi connectivity index (χ1) is 9.75. The van der Waals surface area contributed by atoms with Gasteiger partial charge < -0.3 is 5.32 Å². The molecule has 100 valence electrons. The van der Waals surface area contributed by atoms with Gasteiger partial charge in [0.15, 0.2) is 0 Å². The quantitative estimate of drug-likeness (QED) is 0.690. The van der Waals surface area contributed by atoms with Crippen molar-refractivity contribution in [2.75, 3.05) is 5.32 Å². The number of para-hydroxylation sites is 1. The third-order valence-corrected chi connectivity index (χ3v) is 3.54. The van der Waals surface area contributed by atoms with E-state index in [1.165, 1.54) is 22.4 Å². The van der Waals surface area contributed by atoms with Crippen molar-refractivity contribution in [3.63, 3.8) is 0 Å². The van der Waals surface area contributed by atoms with Crippen molar-refractivity contribution in [1.29, 1.82) is 0 Å². The minimum atomic E-state index is -0.223. The van der Waals surface area contributed by atoms with Gasteiger partial charge in [0.1, 0.15) is 5.82 Å². The maximum Gasteiger partial charge on any atom is 0.146 e. The molecule has 3 aromatic rings. The van der Waals surface area contributed by atoms with Crippen LogP contribution in [0.25, 0.3) is 10.8 Å². The maximum atomic E-state index is 13.7. The summed E-state index contributed by atoms with van der Waals surface area (Å²) in [6.07, 6.45) is 0. The zero-order valence-electron chi connectivity index (χ0n) is 11.3. The van der Waals surface area contributed by atoms with Crippen LogP contribution in [0.1, 0.15) is 18.5 Å². The van der Waals surface area contributed by atoms with E-state index in [1.54, 1.807) is 12.1 Å². The third-order valence-electron chi connectivity index (χ3n) is 3.54. The highest BCUT2D eigenvalue weighted by atomic mass is 19.1. The van der Waals surface area contributed by atoms with Gasteiger partial charge in [-0.2, -0.15) is 0 Å². The van der Waals surface area contributed by atoms with Crippen LogP contribution in [0.3, 0.4) is 0 Å². The lowest BCUT2D eigenvalue weighted by Gasteiger charge is -2.18. The van der Waals surface area contributed by atoms with Crippen LogP contribution < -0.4 is 5.32 Å². The molecule has 3 aromatic carbocycles. The van der Waals surface area contributed by atoms with Gasteiger partial charge in [-0.05, 0) is 35.4 Å². The normalized spacial score (nSPS) is 12.3. The second-order valence-electron chi connectivity index (χ2n) is 4.91. The van der Waals surface area contributed by atoms with Gasteiger partial charge in [0, 0.05) is 6.04 Å². The summed E-state index contributed by atoms with van der Waals surface area (Å²) < 4.78 is 13.7. The maximum absolute atomic E-state index is 13.7. The number of nitrogens with one attached hydrogen (secondary N) is 1. The molecule has 0 bridgehead atoms. The molecule has 0 amide bonds. The van der Waals surface area contributed by atoms with Gasteiger partial charge in [0.2, 0.25) is 0 Å². The molecule has 20 heavy (non-hydrogen) atoms. The lowest BCUT2D eigenvalue weighted by Crippen LogP contribution is -2.08. The van der Waals surface area contributed by atoms with Crippen LogP contribution in [0.2, 0.25) is 0 Å². The fourth-order valence-electron chi connectivity index (χ4n) is 2.52. The van der Waals surface area contributed by atoms with Crippen molar-refractivity contribution in [3.05, 3.63) is 78.1 Å². The minimum absolute atomic E-state index is 0.0398. The number of rotatable bonds is 3. The van der Waals surface area contributed by atoms with Crippen LogP contribution in [0.4, 0.5) is 10.1 Å². The molecule has 1 N–H and O–H groups in total. The summed E-state index contributed by atoms with van der Waals surface area (Å²) in [5.74, 6) is -0.223. The minimum Gasteiger partial charge on any atom is -0.376 e. The largest absolute Gasteiger partial charge is 0.376 e. The fourth-order valence-corrected chi connectivity index (χ4v) is 2.52. The lowest BCUT2D eigenvalue weighted by molar-refractivity contribution is 0.627. The molecular weight excluding hydrogens is 249 g/mol. The first kappa shape index (κ1) is 12.7. The molecule has 0 heterocycles. The van der Waals surface area contributed by atoms with Gasteiger partial charge >= 0.3 is 0 Å². The van der Waals surface area contributed by atoms with Gasteiger partial charge in [-0.1, -0.05) is 54.6 Å². The Morgan fingerprint density at radius 2 is 1.55 bits per heavy atom. The smallest absolute Gasteiger partial charge is 0.146 e. The molecule has 1 atom stereocenters. The average molecular weight is 265 g/mol. The molecule has 0 aliphatic carbocycles. The average Bonchev–Trinajstić information content (AvgIpc) is 2.49. The number of anilines is 1. The molecule has 0 aromatic heterocycles. The van der Waals surface area contributed by atoms with Crippen LogP contribution in [0.15, 0.2) is 66.7 Å². The molecule has 0 radical (unpaired) electrons. The second-order valence-corrected chi connectivity index (χ2v) is 4.91. The van der Waals surface area contributed by atoms with E-state index in [4.69, 9.17) is 0 Å². The van der Waals surface area contributed by atoms with Crippen LogP contribution in [0, 0.1) is 5.82 Å². The van der Waals surface area contributed by atoms with Crippen LogP contribution in [-0.4, -0.2) is 0 Å². The number of halogens is 1. The SMILES string of the molecule is C[C@H](Nc1ccccc1F)c1cccc2ccccc12. The molecule has 0 fully saturated rings. The number of benzene rings is 3. The Hall–Kier alpha value is -2.35.